The molecule has 0 unspecified atom stereocenters. The fourth-order valence-electron chi connectivity index (χ4n) is 5.59. The quantitative estimate of drug-likeness (QED) is 0.268. The zero-order valence-corrected chi connectivity index (χ0v) is 21.0. The van der Waals surface area contributed by atoms with E-state index in [1.165, 1.54) is 89.9 Å². The topological polar surface area (TPSA) is 42.2 Å². The Hall–Kier alpha value is -1.51. The zero-order valence-electron chi connectivity index (χ0n) is 21.0. The molecule has 0 radical (unpaired) electrons. The van der Waals surface area contributed by atoms with E-state index in [4.69, 9.17) is 14.7 Å². The number of unbranched alkanes of at least 4 members (excludes halogenated alkanes) is 7. The van der Waals surface area contributed by atoms with Gasteiger partial charge in [0.1, 0.15) is 23.3 Å². The average molecular weight is 476 g/mol. The molecule has 0 atom stereocenters. The van der Waals surface area contributed by atoms with Crippen LogP contribution < -0.4 is 0 Å². The molecular formula is C29H43F2NO2. The molecule has 0 bridgehead atoms. The molecule has 34 heavy (non-hydrogen) atoms. The lowest BCUT2D eigenvalue weighted by Crippen LogP contribution is -2.28. The number of hydrogen-bond acceptors (Lipinski definition) is 3. The average Bonchev–Trinajstić information content (AvgIpc) is 2.85. The highest BCUT2D eigenvalue weighted by atomic mass is 19.1. The van der Waals surface area contributed by atoms with Crippen molar-refractivity contribution in [2.45, 2.75) is 110 Å². The highest BCUT2D eigenvalue weighted by Gasteiger charge is 2.27. The summed E-state index contributed by atoms with van der Waals surface area (Å²) >= 11 is 0. The molecule has 3 rings (SSSR count). The van der Waals surface area contributed by atoms with Gasteiger partial charge in [0.05, 0.1) is 13.2 Å². The summed E-state index contributed by atoms with van der Waals surface area (Å²) in [5, 5.41) is 8.81. The SMILES string of the molecule is CCCCCCCCCC[C@H]1CC[C@H](CC[C@H]2CO[C@H](c3cc(F)c(C#N)c(F)c3)OC2)CC1. The Morgan fingerprint density at radius 1 is 0.765 bits per heavy atom. The Morgan fingerprint density at radius 2 is 1.26 bits per heavy atom. The van der Waals surface area contributed by atoms with Gasteiger partial charge in [-0.25, -0.2) is 8.78 Å². The number of hydrogen-bond donors (Lipinski definition) is 0. The summed E-state index contributed by atoms with van der Waals surface area (Å²) in [6.07, 6.45) is 19.6. The van der Waals surface area contributed by atoms with Crippen LogP contribution in [0.4, 0.5) is 8.78 Å². The zero-order chi connectivity index (χ0) is 24.2. The Kier molecular flexibility index (Phi) is 11.8. The van der Waals surface area contributed by atoms with Crippen molar-refractivity contribution >= 4 is 0 Å². The Bertz CT molecular complexity index is 739. The first-order valence-corrected chi connectivity index (χ1v) is 13.7. The third kappa shape index (κ3) is 8.61. The van der Waals surface area contributed by atoms with E-state index < -0.39 is 23.5 Å². The summed E-state index contributed by atoms with van der Waals surface area (Å²) in [6, 6.07) is 3.82. The predicted molar refractivity (Wildman–Crippen MR) is 131 cm³/mol. The number of ether oxygens (including phenoxy) is 2. The van der Waals surface area contributed by atoms with E-state index >= 15 is 0 Å². The third-order valence-electron chi connectivity index (χ3n) is 7.83. The van der Waals surface area contributed by atoms with Gasteiger partial charge < -0.3 is 9.47 Å². The largest absolute Gasteiger partial charge is 0.348 e. The molecule has 5 heteroatoms. The van der Waals surface area contributed by atoms with Crippen LogP contribution in [0.15, 0.2) is 12.1 Å². The lowest BCUT2D eigenvalue weighted by atomic mass is 9.77. The molecule has 1 saturated carbocycles. The first-order valence-electron chi connectivity index (χ1n) is 13.7. The first kappa shape index (κ1) is 27.1. The van der Waals surface area contributed by atoms with Gasteiger partial charge >= 0.3 is 0 Å². The predicted octanol–water partition coefficient (Wildman–Crippen LogP) is 8.62. The van der Waals surface area contributed by atoms with E-state index in [2.05, 4.69) is 6.92 Å². The maximum atomic E-state index is 13.9. The Morgan fingerprint density at radius 3 is 1.82 bits per heavy atom. The van der Waals surface area contributed by atoms with Crippen molar-refractivity contribution in [3.05, 3.63) is 34.9 Å². The van der Waals surface area contributed by atoms with Crippen molar-refractivity contribution in [1.29, 1.82) is 5.26 Å². The molecule has 0 spiro atoms. The van der Waals surface area contributed by atoms with Crippen LogP contribution >= 0.6 is 0 Å². The van der Waals surface area contributed by atoms with Gasteiger partial charge in [-0.2, -0.15) is 5.26 Å². The van der Waals surface area contributed by atoms with Crippen molar-refractivity contribution in [3.63, 3.8) is 0 Å². The van der Waals surface area contributed by atoms with Gasteiger partial charge in [0.15, 0.2) is 6.29 Å². The van der Waals surface area contributed by atoms with Crippen LogP contribution in [0, 0.1) is 40.7 Å². The smallest absolute Gasteiger partial charge is 0.184 e. The number of nitrogens with zero attached hydrogens (tertiary/aromatic N) is 1. The third-order valence-corrected chi connectivity index (χ3v) is 7.83. The number of nitriles is 1. The molecule has 190 valence electrons. The van der Waals surface area contributed by atoms with E-state index in [1.807, 2.05) is 0 Å². The van der Waals surface area contributed by atoms with Crippen molar-refractivity contribution in [2.75, 3.05) is 13.2 Å². The molecule has 1 saturated heterocycles. The molecule has 1 aromatic carbocycles. The standard InChI is InChI=1S/C29H43F2NO2/c1-2-3-4-5-6-7-8-9-10-22-11-13-23(14-12-22)15-16-24-20-33-29(34-21-24)25-17-27(30)26(19-32)28(31)18-25/h17-18,22-24,29H,2-16,20-21H2,1H3/t22-,23-,24-,29-. The Balaban J connectivity index is 1.25. The molecule has 1 aromatic rings. The van der Waals surface area contributed by atoms with E-state index in [1.54, 1.807) is 6.07 Å². The highest BCUT2D eigenvalue weighted by molar-refractivity contribution is 5.35. The lowest BCUT2D eigenvalue weighted by Gasteiger charge is -2.32. The van der Waals surface area contributed by atoms with Crippen LogP contribution in [0.25, 0.3) is 0 Å². The molecule has 2 fully saturated rings. The minimum atomic E-state index is -0.871. The van der Waals surface area contributed by atoms with Gasteiger partial charge in [0.2, 0.25) is 0 Å². The molecule has 1 aliphatic carbocycles. The van der Waals surface area contributed by atoms with Gasteiger partial charge in [-0.3, -0.25) is 0 Å². The van der Waals surface area contributed by atoms with Crippen LogP contribution in [0.1, 0.15) is 121 Å². The molecule has 0 amide bonds. The molecule has 1 aliphatic heterocycles. The monoisotopic (exact) mass is 475 g/mol. The van der Waals surface area contributed by atoms with Gasteiger partial charge in [0, 0.05) is 11.5 Å². The van der Waals surface area contributed by atoms with Crippen LogP contribution in [-0.4, -0.2) is 13.2 Å². The molecule has 2 aliphatic rings. The fourth-order valence-corrected chi connectivity index (χ4v) is 5.59. The first-order chi connectivity index (χ1) is 16.6. The maximum Gasteiger partial charge on any atom is 0.184 e. The molecule has 3 nitrogen and oxygen atoms in total. The van der Waals surface area contributed by atoms with E-state index in [0.29, 0.717) is 24.7 Å². The summed E-state index contributed by atoms with van der Waals surface area (Å²) in [4.78, 5) is 0. The van der Waals surface area contributed by atoms with Crippen molar-refractivity contribution in [3.8, 4) is 6.07 Å². The van der Waals surface area contributed by atoms with E-state index in [9.17, 15) is 8.78 Å². The normalized spacial score (nSPS) is 25.2. The second-order valence-corrected chi connectivity index (χ2v) is 10.6. The van der Waals surface area contributed by atoms with Gasteiger partial charge in [-0.05, 0) is 30.4 Å². The number of rotatable bonds is 13. The van der Waals surface area contributed by atoms with Crippen LogP contribution in [0.2, 0.25) is 0 Å². The lowest BCUT2D eigenvalue weighted by molar-refractivity contribution is -0.206. The van der Waals surface area contributed by atoms with Gasteiger partial charge in [0.25, 0.3) is 0 Å². The van der Waals surface area contributed by atoms with Crippen molar-refractivity contribution in [1.82, 2.24) is 0 Å². The van der Waals surface area contributed by atoms with E-state index in [-0.39, 0.29) is 0 Å². The summed E-state index contributed by atoms with van der Waals surface area (Å²) in [5.41, 5.74) is -0.271. The number of benzene rings is 1. The molecule has 0 N–H and O–H groups in total. The highest BCUT2D eigenvalue weighted by Crippen LogP contribution is 2.36. The molecular weight excluding hydrogens is 432 g/mol. The van der Waals surface area contributed by atoms with Crippen LogP contribution in [0.5, 0.6) is 0 Å². The Labute approximate surface area is 205 Å². The second kappa shape index (κ2) is 14.8. The maximum absolute atomic E-state index is 13.9. The van der Waals surface area contributed by atoms with E-state index in [0.717, 1.165) is 30.4 Å². The van der Waals surface area contributed by atoms with Crippen LogP contribution in [0.3, 0.4) is 0 Å². The van der Waals surface area contributed by atoms with Gasteiger partial charge in [-0.15, -0.1) is 0 Å². The fraction of sp³-hybridized carbons (Fsp3) is 0.759. The summed E-state index contributed by atoms with van der Waals surface area (Å²) < 4.78 is 39.3. The minimum absolute atomic E-state index is 0.294. The van der Waals surface area contributed by atoms with Crippen molar-refractivity contribution in [2.24, 2.45) is 17.8 Å². The van der Waals surface area contributed by atoms with Crippen LogP contribution in [-0.2, 0) is 9.47 Å². The summed E-state index contributed by atoms with van der Waals surface area (Å²) in [5.74, 6) is 0.343. The summed E-state index contributed by atoms with van der Waals surface area (Å²) in [7, 11) is 0. The van der Waals surface area contributed by atoms with Gasteiger partial charge in [-0.1, -0.05) is 96.8 Å². The number of halogens is 2. The minimum Gasteiger partial charge on any atom is -0.348 e. The second-order valence-electron chi connectivity index (χ2n) is 10.6. The van der Waals surface area contributed by atoms with Crippen molar-refractivity contribution < 1.29 is 18.3 Å². The summed E-state index contributed by atoms with van der Waals surface area (Å²) in [6.45, 7) is 3.36. The molecule has 0 aromatic heterocycles. The molecule has 1 heterocycles.